The molecule has 1 N–H and O–H groups in total. The van der Waals surface area contributed by atoms with E-state index < -0.39 is 11.8 Å². The number of pyridine rings is 1. The molecule has 0 atom stereocenters. The fourth-order valence-corrected chi connectivity index (χ4v) is 3.90. The molecule has 1 aromatic heterocycles. The highest BCUT2D eigenvalue weighted by Crippen LogP contribution is 2.16. The highest BCUT2D eigenvalue weighted by atomic mass is 16.5. The van der Waals surface area contributed by atoms with Crippen molar-refractivity contribution < 1.29 is 19.1 Å². The molecule has 2 aliphatic rings. The number of hydrogen-bond donors (Lipinski definition) is 1. The summed E-state index contributed by atoms with van der Waals surface area (Å²) in [5, 5.41) is 2.62. The van der Waals surface area contributed by atoms with Gasteiger partial charge in [0.05, 0.1) is 18.9 Å². The van der Waals surface area contributed by atoms with E-state index in [0.717, 1.165) is 38.2 Å². The van der Waals surface area contributed by atoms with Gasteiger partial charge in [-0.25, -0.2) is 4.98 Å². The third-order valence-electron chi connectivity index (χ3n) is 5.76. The number of morpholine rings is 1. The van der Waals surface area contributed by atoms with Crippen molar-refractivity contribution in [1.29, 1.82) is 0 Å². The summed E-state index contributed by atoms with van der Waals surface area (Å²) in [4.78, 5) is 45.4. The zero-order chi connectivity index (χ0) is 23.0. The summed E-state index contributed by atoms with van der Waals surface area (Å²) in [7, 11) is 0. The minimum absolute atomic E-state index is 0.171. The number of rotatable bonds is 5. The van der Waals surface area contributed by atoms with Crippen LogP contribution in [0, 0.1) is 0 Å². The first-order valence-electron chi connectivity index (χ1n) is 11.3. The van der Waals surface area contributed by atoms with Crippen molar-refractivity contribution in [2.75, 3.05) is 49.6 Å². The van der Waals surface area contributed by atoms with Crippen molar-refractivity contribution in [3.8, 4) is 0 Å². The number of piperidine rings is 1. The average molecular weight is 449 g/mol. The zero-order valence-corrected chi connectivity index (χ0v) is 18.5. The van der Waals surface area contributed by atoms with Crippen LogP contribution in [-0.4, -0.2) is 66.9 Å². The Morgan fingerprint density at radius 2 is 1.64 bits per heavy atom. The molecule has 2 saturated heterocycles. The summed E-state index contributed by atoms with van der Waals surface area (Å²) in [5.74, 6) is -0.463. The number of benzene rings is 1. The van der Waals surface area contributed by atoms with Gasteiger partial charge < -0.3 is 19.9 Å². The van der Waals surface area contributed by atoms with Gasteiger partial charge in [0.2, 0.25) is 0 Å². The quantitative estimate of drug-likeness (QED) is 0.430. The van der Waals surface area contributed by atoms with Crippen LogP contribution < -0.4 is 10.2 Å². The number of carbonyl (C=O) groups is 3. The van der Waals surface area contributed by atoms with Gasteiger partial charge in [-0.2, -0.15) is 0 Å². The molecule has 172 valence electrons. The van der Waals surface area contributed by atoms with Crippen LogP contribution in [0.5, 0.6) is 0 Å². The fraction of sp³-hybridized carbons (Fsp3) is 0.360. The first kappa shape index (κ1) is 22.7. The van der Waals surface area contributed by atoms with Crippen molar-refractivity contribution >= 4 is 35.2 Å². The lowest BCUT2D eigenvalue weighted by Gasteiger charge is -2.27. The molecule has 2 aromatic rings. The molecule has 3 heterocycles. The van der Waals surface area contributed by atoms with Crippen molar-refractivity contribution in [1.82, 2.24) is 9.88 Å². The molecule has 2 amide bonds. The van der Waals surface area contributed by atoms with Crippen molar-refractivity contribution in [2.45, 2.75) is 19.3 Å². The number of amides is 2. The maximum Gasteiger partial charge on any atom is 0.313 e. The fourth-order valence-electron chi connectivity index (χ4n) is 3.90. The van der Waals surface area contributed by atoms with Gasteiger partial charge in [0.1, 0.15) is 5.82 Å². The van der Waals surface area contributed by atoms with Gasteiger partial charge in [0.15, 0.2) is 5.78 Å². The number of likely N-dealkylation sites (tertiary alicyclic amines) is 1. The lowest BCUT2D eigenvalue weighted by Crippen LogP contribution is -2.42. The Hall–Kier alpha value is -3.52. The van der Waals surface area contributed by atoms with Crippen LogP contribution in [-0.2, 0) is 14.3 Å². The van der Waals surface area contributed by atoms with Crippen molar-refractivity contribution in [2.24, 2.45) is 0 Å². The van der Waals surface area contributed by atoms with Gasteiger partial charge in [0, 0.05) is 37.4 Å². The molecule has 8 heteroatoms. The average Bonchev–Trinajstić information content (AvgIpc) is 2.88. The highest BCUT2D eigenvalue weighted by molar-refractivity contribution is 6.39. The Morgan fingerprint density at radius 1 is 0.909 bits per heavy atom. The Balaban J connectivity index is 1.34. The number of aromatic nitrogens is 1. The number of hydrogen-bond acceptors (Lipinski definition) is 6. The van der Waals surface area contributed by atoms with Gasteiger partial charge in [-0.15, -0.1) is 0 Å². The van der Waals surface area contributed by atoms with E-state index in [-0.39, 0.29) is 5.78 Å². The normalized spacial score (nSPS) is 16.6. The first-order valence-corrected chi connectivity index (χ1v) is 11.3. The topological polar surface area (TPSA) is 91.8 Å². The molecule has 0 unspecified atom stereocenters. The minimum Gasteiger partial charge on any atom is -0.378 e. The number of nitrogens with one attached hydrogen (secondary N) is 1. The predicted octanol–water partition coefficient (Wildman–Crippen LogP) is 2.77. The van der Waals surface area contributed by atoms with Gasteiger partial charge in [-0.3, -0.25) is 14.4 Å². The Labute approximate surface area is 193 Å². The van der Waals surface area contributed by atoms with E-state index in [4.69, 9.17) is 4.74 Å². The third kappa shape index (κ3) is 6.04. The largest absolute Gasteiger partial charge is 0.378 e. The Bertz CT molecular complexity index is 1020. The zero-order valence-electron chi connectivity index (χ0n) is 18.5. The lowest BCUT2D eigenvalue weighted by atomic mass is 10.1. The summed E-state index contributed by atoms with van der Waals surface area (Å²) in [6.45, 7) is 4.20. The van der Waals surface area contributed by atoms with Crippen LogP contribution >= 0.6 is 0 Å². The van der Waals surface area contributed by atoms with E-state index in [0.29, 0.717) is 43.2 Å². The summed E-state index contributed by atoms with van der Waals surface area (Å²) in [5.41, 5.74) is 1.66. The molecule has 0 radical (unpaired) electrons. The molecule has 4 rings (SSSR count). The molecule has 0 aliphatic carbocycles. The number of anilines is 2. The van der Waals surface area contributed by atoms with Crippen LogP contribution in [0.2, 0.25) is 0 Å². The SMILES string of the molecule is O=C(Nc1ccc(C(=O)C=Cc2cccc(N3CCOCC3)n2)cc1)C(=O)N1CCCCC1. The van der Waals surface area contributed by atoms with Crippen LogP contribution in [0.3, 0.4) is 0 Å². The number of ketones is 1. The maximum absolute atomic E-state index is 12.6. The van der Waals surface area contributed by atoms with Crippen LogP contribution in [0.15, 0.2) is 48.5 Å². The van der Waals surface area contributed by atoms with Gasteiger partial charge in [0.25, 0.3) is 0 Å². The van der Waals surface area contributed by atoms with Gasteiger partial charge in [-0.1, -0.05) is 6.07 Å². The molecule has 33 heavy (non-hydrogen) atoms. The molecule has 2 fully saturated rings. The molecular weight excluding hydrogens is 420 g/mol. The van der Waals surface area contributed by atoms with Gasteiger partial charge >= 0.3 is 11.8 Å². The Morgan fingerprint density at radius 3 is 2.36 bits per heavy atom. The van der Waals surface area contributed by atoms with E-state index in [9.17, 15) is 14.4 Å². The summed E-state index contributed by atoms with van der Waals surface area (Å²) in [6.07, 6.45) is 6.12. The second-order valence-electron chi connectivity index (χ2n) is 8.10. The van der Waals surface area contributed by atoms with E-state index in [1.807, 2.05) is 18.2 Å². The number of ether oxygens (including phenoxy) is 1. The smallest absolute Gasteiger partial charge is 0.313 e. The summed E-state index contributed by atoms with van der Waals surface area (Å²) in [6, 6.07) is 12.2. The van der Waals surface area contributed by atoms with Crippen molar-refractivity contribution in [3.63, 3.8) is 0 Å². The van der Waals surface area contributed by atoms with Crippen molar-refractivity contribution in [3.05, 3.63) is 59.8 Å². The number of allylic oxidation sites excluding steroid dienone is 1. The summed E-state index contributed by atoms with van der Waals surface area (Å²) < 4.78 is 5.38. The standard InChI is InChI=1S/C25H28N4O4/c30-22(12-11-20-5-4-6-23(26-20)28-15-17-33-18-16-28)19-7-9-21(10-8-19)27-24(31)25(32)29-13-2-1-3-14-29/h4-12H,1-3,13-18H2,(H,27,31). The van der Waals surface area contributed by atoms with Crippen LogP contribution in [0.25, 0.3) is 6.08 Å². The van der Waals surface area contributed by atoms with E-state index in [1.54, 1.807) is 35.2 Å². The van der Waals surface area contributed by atoms with Crippen LogP contribution in [0.1, 0.15) is 35.3 Å². The number of carbonyl (C=O) groups excluding carboxylic acids is 3. The second kappa shape index (κ2) is 10.9. The second-order valence-corrected chi connectivity index (χ2v) is 8.10. The minimum atomic E-state index is -0.651. The predicted molar refractivity (Wildman–Crippen MR) is 126 cm³/mol. The van der Waals surface area contributed by atoms with E-state index in [2.05, 4.69) is 15.2 Å². The highest BCUT2D eigenvalue weighted by Gasteiger charge is 2.23. The van der Waals surface area contributed by atoms with E-state index in [1.165, 1.54) is 6.08 Å². The molecule has 2 aliphatic heterocycles. The molecule has 0 saturated carbocycles. The lowest BCUT2D eigenvalue weighted by molar-refractivity contribution is -0.143. The molecule has 1 aromatic carbocycles. The van der Waals surface area contributed by atoms with Crippen LogP contribution in [0.4, 0.5) is 11.5 Å². The molecule has 0 spiro atoms. The maximum atomic E-state index is 12.6. The monoisotopic (exact) mass is 448 g/mol. The van der Waals surface area contributed by atoms with Gasteiger partial charge in [-0.05, 0) is 67.8 Å². The Kier molecular flexibility index (Phi) is 7.47. The molecule has 0 bridgehead atoms. The first-order chi connectivity index (χ1) is 16.1. The van der Waals surface area contributed by atoms with E-state index >= 15 is 0 Å². The molecule has 8 nitrogen and oxygen atoms in total. The number of nitrogens with zero attached hydrogens (tertiary/aromatic N) is 3. The molecular formula is C25H28N4O4. The third-order valence-corrected chi connectivity index (χ3v) is 5.76. The summed E-state index contributed by atoms with van der Waals surface area (Å²) >= 11 is 0.